The van der Waals surface area contributed by atoms with Crippen LogP contribution in [0.2, 0.25) is 0 Å². The summed E-state index contributed by atoms with van der Waals surface area (Å²) in [7, 11) is 0. The summed E-state index contributed by atoms with van der Waals surface area (Å²) >= 11 is 0. The average molecular weight is 349 g/mol. The molecule has 2 aromatic heterocycles. The Balaban J connectivity index is 1.66. The molecule has 1 aromatic carbocycles. The van der Waals surface area contributed by atoms with Crippen LogP contribution < -0.4 is 16.0 Å². The van der Waals surface area contributed by atoms with E-state index in [0.717, 1.165) is 29.3 Å². The molecule has 2 heterocycles. The second kappa shape index (κ2) is 8.15. The molecule has 0 aliphatic carbocycles. The molecule has 0 radical (unpaired) electrons. The van der Waals surface area contributed by atoms with Gasteiger partial charge in [-0.25, -0.2) is 9.97 Å². The van der Waals surface area contributed by atoms with E-state index < -0.39 is 0 Å². The number of nitrogens with zero attached hydrogens (tertiary/aromatic N) is 4. The molecule has 134 valence electrons. The lowest BCUT2D eigenvalue weighted by atomic mass is 10.2. The van der Waals surface area contributed by atoms with Gasteiger partial charge in [-0.05, 0) is 50.9 Å². The molecule has 0 aliphatic heterocycles. The third-order valence-corrected chi connectivity index (χ3v) is 3.89. The first-order valence-electron chi connectivity index (χ1n) is 8.51. The highest BCUT2D eigenvalue weighted by Crippen LogP contribution is 2.20. The number of anilines is 2. The van der Waals surface area contributed by atoms with Crippen LogP contribution >= 0.6 is 0 Å². The first-order chi connectivity index (χ1) is 12.7. The van der Waals surface area contributed by atoms with Gasteiger partial charge in [-0.15, -0.1) is 0 Å². The summed E-state index contributed by atoms with van der Waals surface area (Å²) in [5, 5.41) is 9.81. The maximum Gasteiger partial charge on any atom is 0.234 e. The molecule has 3 rings (SSSR count). The Morgan fingerprint density at radius 2 is 1.96 bits per heavy atom. The van der Waals surface area contributed by atoms with Gasteiger partial charge in [0.15, 0.2) is 0 Å². The number of benzene rings is 1. The average Bonchev–Trinajstić information content (AvgIpc) is 2.99. The van der Waals surface area contributed by atoms with Crippen molar-refractivity contribution in [2.45, 2.75) is 13.8 Å². The Morgan fingerprint density at radius 3 is 2.65 bits per heavy atom. The van der Waals surface area contributed by atoms with Crippen LogP contribution in [0.4, 0.5) is 11.4 Å². The first kappa shape index (κ1) is 17.5. The molecule has 7 heteroatoms. The second-order valence-electron chi connectivity index (χ2n) is 5.69. The molecule has 0 amide bonds. The molecule has 3 N–H and O–H groups in total. The number of rotatable bonds is 8. The number of hydrogen-bond acceptors (Lipinski definition) is 6. The van der Waals surface area contributed by atoms with Crippen LogP contribution in [-0.4, -0.2) is 34.3 Å². The van der Waals surface area contributed by atoms with E-state index in [1.165, 1.54) is 0 Å². The van der Waals surface area contributed by atoms with Gasteiger partial charge in [0.05, 0.1) is 18.1 Å². The molecule has 0 bridgehead atoms. The van der Waals surface area contributed by atoms with Crippen molar-refractivity contribution in [3.63, 3.8) is 0 Å². The molecule has 3 aromatic rings. The monoisotopic (exact) mass is 349 g/mol. The first-order valence-corrected chi connectivity index (χ1v) is 8.51. The minimum absolute atomic E-state index is 0.563. The molecule has 0 fully saturated rings. The van der Waals surface area contributed by atoms with E-state index in [0.29, 0.717) is 18.1 Å². The summed E-state index contributed by atoms with van der Waals surface area (Å²) < 4.78 is 1.91. The topological polar surface area (TPSA) is 78.6 Å². The van der Waals surface area contributed by atoms with Gasteiger partial charge >= 0.3 is 0 Å². The third-order valence-electron chi connectivity index (χ3n) is 3.89. The maximum absolute atomic E-state index is 4.45. The number of hydrogen-bond donors (Lipinski definition) is 3. The molecule has 0 unspecified atom stereocenters. The molecule has 7 nitrogen and oxygen atoms in total. The minimum Gasteiger partial charge on any atom is -0.385 e. The fourth-order valence-corrected chi connectivity index (χ4v) is 2.71. The minimum atomic E-state index is 0.563. The van der Waals surface area contributed by atoms with Gasteiger partial charge in [0.1, 0.15) is 5.70 Å². The van der Waals surface area contributed by atoms with Crippen molar-refractivity contribution in [2.75, 3.05) is 23.8 Å². The summed E-state index contributed by atoms with van der Waals surface area (Å²) in [6, 6.07) is 10.0. The SMILES string of the molecule is C=N/C(=C\NCNc1ccc(NCC)cc1)c1c(C)nc2ncccn12. The standard InChI is InChI=1S/C19H23N7/c1-4-22-15-6-8-16(9-7-15)24-13-21-12-17(20-3)18-14(2)25-19-23-10-5-11-26(18)19/h5-12,21-22,24H,3-4,13H2,1-2H3/b17-12-. The van der Waals surface area contributed by atoms with Crippen LogP contribution in [0.15, 0.2) is 53.9 Å². The smallest absolute Gasteiger partial charge is 0.234 e. The molecule has 0 atom stereocenters. The highest BCUT2D eigenvalue weighted by Gasteiger charge is 2.12. The van der Waals surface area contributed by atoms with Gasteiger partial charge in [-0.1, -0.05) is 0 Å². The Labute approximate surface area is 152 Å². The molecule has 0 saturated carbocycles. The van der Waals surface area contributed by atoms with E-state index in [1.807, 2.05) is 54.1 Å². The number of aryl methyl sites for hydroxylation is 1. The number of imidazole rings is 1. The molecule has 0 aliphatic rings. The molecule has 0 saturated heterocycles. The lowest BCUT2D eigenvalue weighted by Gasteiger charge is -2.09. The van der Waals surface area contributed by atoms with Crippen molar-refractivity contribution in [1.29, 1.82) is 0 Å². The largest absolute Gasteiger partial charge is 0.385 e. The summed E-state index contributed by atoms with van der Waals surface area (Å²) in [5.41, 5.74) is 4.60. The van der Waals surface area contributed by atoms with Gasteiger partial charge in [0.2, 0.25) is 5.78 Å². The summed E-state index contributed by atoms with van der Waals surface area (Å²) in [5.74, 6) is 0.647. The third kappa shape index (κ3) is 3.83. The number of aliphatic imine (C=N–C) groups is 1. The van der Waals surface area contributed by atoms with Crippen molar-refractivity contribution in [1.82, 2.24) is 19.7 Å². The van der Waals surface area contributed by atoms with Gasteiger partial charge in [0, 0.05) is 36.5 Å². The second-order valence-corrected chi connectivity index (χ2v) is 5.69. The Morgan fingerprint density at radius 1 is 1.23 bits per heavy atom. The Hall–Kier alpha value is -3.35. The maximum atomic E-state index is 4.45. The van der Waals surface area contributed by atoms with Crippen molar-refractivity contribution in [3.05, 3.63) is 60.3 Å². The van der Waals surface area contributed by atoms with Crippen LogP contribution in [0.1, 0.15) is 18.3 Å². The fraction of sp³-hybridized carbons (Fsp3) is 0.211. The van der Waals surface area contributed by atoms with Crippen LogP contribution in [0.25, 0.3) is 11.5 Å². The highest BCUT2D eigenvalue weighted by molar-refractivity contribution is 5.69. The summed E-state index contributed by atoms with van der Waals surface area (Å²) in [6.07, 6.45) is 5.47. The zero-order chi connectivity index (χ0) is 18.4. The number of nitrogens with one attached hydrogen (secondary N) is 3. The van der Waals surface area contributed by atoms with Crippen LogP contribution in [0.3, 0.4) is 0 Å². The van der Waals surface area contributed by atoms with Crippen LogP contribution in [0.5, 0.6) is 0 Å². The van der Waals surface area contributed by atoms with Crippen molar-refractivity contribution >= 4 is 29.6 Å². The highest BCUT2D eigenvalue weighted by atomic mass is 15.1. The van der Waals surface area contributed by atoms with Crippen molar-refractivity contribution < 1.29 is 0 Å². The van der Waals surface area contributed by atoms with E-state index in [4.69, 9.17) is 0 Å². The van der Waals surface area contributed by atoms with Crippen LogP contribution in [0, 0.1) is 6.92 Å². The lowest BCUT2D eigenvalue weighted by molar-refractivity contribution is 0.928. The summed E-state index contributed by atoms with van der Waals surface area (Å²) in [6.45, 7) is 9.17. The van der Waals surface area contributed by atoms with Gasteiger partial charge < -0.3 is 16.0 Å². The number of fused-ring (bicyclic) bond motifs is 1. The summed E-state index contributed by atoms with van der Waals surface area (Å²) in [4.78, 5) is 12.9. The van der Waals surface area contributed by atoms with Crippen molar-refractivity contribution in [2.24, 2.45) is 4.99 Å². The van der Waals surface area contributed by atoms with Crippen LogP contribution in [-0.2, 0) is 0 Å². The van der Waals surface area contributed by atoms with Gasteiger partial charge in [-0.3, -0.25) is 9.39 Å². The van der Waals surface area contributed by atoms with Crippen molar-refractivity contribution in [3.8, 4) is 0 Å². The van der Waals surface area contributed by atoms with E-state index >= 15 is 0 Å². The van der Waals surface area contributed by atoms with E-state index in [2.05, 4.69) is 44.6 Å². The Bertz CT molecular complexity index is 909. The predicted octanol–water partition coefficient (Wildman–Crippen LogP) is 3.13. The molecular formula is C19H23N7. The Kier molecular flexibility index (Phi) is 5.48. The van der Waals surface area contributed by atoms with E-state index in [1.54, 1.807) is 6.20 Å². The molecular weight excluding hydrogens is 326 g/mol. The zero-order valence-electron chi connectivity index (χ0n) is 15.0. The van der Waals surface area contributed by atoms with Gasteiger partial charge in [-0.2, -0.15) is 0 Å². The molecule has 0 spiro atoms. The predicted molar refractivity (Wildman–Crippen MR) is 107 cm³/mol. The fourth-order valence-electron chi connectivity index (χ4n) is 2.71. The zero-order valence-corrected chi connectivity index (χ0v) is 15.0. The number of aromatic nitrogens is 3. The molecule has 26 heavy (non-hydrogen) atoms. The lowest BCUT2D eigenvalue weighted by Crippen LogP contribution is -2.16. The normalized spacial score (nSPS) is 11.4. The quantitative estimate of drug-likeness (QED) is 0.331. The van der Waals surface area contributed by atoms with E-state index in [-0.39, 0.29) is 0 Å². The van der Waals surface area contributed by atoms with E-state index in [9.17, 15) is 0 Å². The van der Waals surface area contributed by atoms with Gasteiger partial charge in [0.25, 0.3) is 0 Å².